The molecule has 0 bridgehead atoms. The fourth-order valence-corrected chi connectivity index (χ4v) is 3.19. The third kappa shape index (κ3) is 8.17. The van der Waals surface area contributed by atoms with E-state index < -0.39 is 0 Å². The van der Waals surface area contributed by atoms with Crippen LogP contribution in [0.5, 0.6) is 5.88 Å². The number of amides is 1. The van der Waals surface area contributed by atoms with E-state index in [-0.39, 0.29) is 35.8 Å². The number of nitrogens with one attached hydrogen (secondary N) is 1. The van der Waals surface area contributed by atoms with E-state index in [0.29, 0.717) is 32.1 Å². The fourth-order valence-electron chi connectivity index (χ4n) is 3.19. The first kappa shape index (κ1) is 24.4. The van der Waals surface area contributed by atoms with Crippen molar-refractivity contribution in [2.24, 2.45) is 16.6 Å². The number of pyridine rings is 1. The van der Waals surface area contributed by atoms with Gasteiger partial charge in [-0.3, -0.25) is 4.79 Å². The molecule has 9 heteroatoms. The number of primary amides is 1. The quantitative estimate of drug-likeness (QED) is 0.230. The molecule has 1 aliphatic rings. The number of hydrogen-bond acceptors (Lipinski definition) is 5. The topological polar surface area (TPSA) is 102 Å². The summed E-state index contributed by atoms with van der Waals surface area (Å²) < 4.78 is 10.7. The number of likely N-dealkylation sites (tertiary alicyclic amines) is 1. The average molecular weight is 505 g/mol. The van der Waals surface area contributed by atoms with Crippen molar-refractivity contribution in [3.05, 3.63) is 23.9 Å². The molecule has 1 amide bonds. The molecule has 2 rings (SSSR count). The standard InChI is InChI=1S/C19H31N5O3.HI/c1-3-21-19(24-9-5-6-15(14-24)12-17(20)25)23-13-16-7-4-8-22-18(16)27-11-10-26-2;/h4,7-8,15H,3,5-6,9-14H2,1-2H3,(H2,20,25)(H,21,23);1H. The molecule has 0 saturated carbocycles. The first-order valence-corrected chi connectivity index (χ1v) is 9.51. The minimum Gasteiger partial charge on any atom is -0.475 e. The van der Waals surface area contributed by atoms with E-state index in [2.05, 4.69) is 15.2 Å². The van der Waals surface area contributed by atoms with E-state index in [9.17, 15) is 4.79 Å². The lowest BCUT2D eigenvalue weighted by atomic mass is 9.95. The van der Waals surface area contributed by atoms with Gasteiger partial charge in [0.15, 0.2) is 5.96 Å². The predicted octanol–water partition coefficient (Wildman–Crippen LogP) is 1.78. The minimum atomic E-state index is -0.239. The second kappa shape index (κ2) is 13.5. The van der Waals surface area contributed by atoms with Crippen LogP contribution in [0.25, 0.3) is 0 Å². The number of nitrogens with two attached hydrogens (primary N) is 1. The molecular formula is C19H32IN5O3. The minimum absolute atomic E-state index is 0. The van der Waals surface area contributed by atoms with Crippen LogP contribution in [0.2, 0.25) is 0 Å². The number of aliphatic imine (C=N–C) groups is 1. The third-order valence-corrected chi connectivity index (χ3v) is 4.42. The van der Waals surface area contributed by atoms with E-state index in [1.54, 1.807) is 13.3 Å². The van der Waals surface area contributed by atoms with Gasteiger partial charge in [0.05, 0.1) is 13.2 Å². The number of aromatic nitrogens is 1. The van der Waals surface area contributed by atoms with Gasteiger partial charge in [-0.05, 0) is 31.7 Å². The van der Waals surface area contributed by atoms with Crippen molar-refractivity contribution in [3.63, 3.8) is 0 Å². The summed E-state index contributed by atoms with van der Waals surface area (Å²) in [7, 11) is 1.64. The molecule has 1 atom stereocenters. The van der Waals surface area contributed by atoms with Gasteiger partial charge in [0, 0.05) is 44.9 Å². The number of hydrogen-bond donors (Lipinski definition) is 2. The Balaban J connectivity index is 0.00000392. The Morgan fingerprint density at radius 1 is 1.46 bits per heavy atom. The van der Waals surface area contributed by atoms with Crippen LogP contribution in [0.15, 0.2) is 23.3 Å². The normalized spacial score (nSPS) is 17.0. The molecule has 1 aromatic rings. The molecule has 1 saturated heterocycles. The van der Waals surface area contributed by atoms with Gasteiger partial charge < -0.3 is 25.4 Å². The molecule has 2 heterocycles. The monoisotopic (exact) mass is 505 g/mol. The largest absolute Gasteiger partial charge is 0.475 e. The summed E-state index contributed by atoms with van der Waals surface area (Å²) in [5, 5.41) is 3.35. The summed E-state index contributed by atoms with van der Waals surface area (Å²) >= 11 is 0. The molecule has 3 N–H and O–H groups in total. The Bertz CT molecular complexity index is 629. The Kier molecular flexibility index (Phi) is 11.8. The molecule has 1 aromatic heterocycles. The lowest BCUT2D eigenvalue weighted by Crippen LogP contribution is -2.47. The molecule has 28 heavy (non-hydrogen) atoms. The predicted molar refractivity (Wildman–Crippen MR) is 120 cm³/mol. The van der Waals surface area contributed by atoms with E-state index in [4.69, 9.17) is 20.2 Å². The number of ether oxygens (including phenoxy) is 2. The number of nitrogens with zero attached hydrogens (tertiary/aromatic N) is 3. The van der Waals surface area contributed by atoms with Crippen molar-refractivity contribution < 1.29 is 14.3 Å². The fraction of sp³-hybridized carbons (Fsp3) is 0.632. The summed E-state index contributed by atoms with van der Waals surface area (Å²) in [6.45, 7) is 5.96. The van der Waals surface area contributed by atoms with E-state index >= 15 is 0 Å². The molecule has 8 nitrogen and oxygen atoms in total. The van der Waals surface area contributed by atoms with Crippen molar-refractivity contribution in [1.29, 1.82) is 0 Å². The Morgan fingerprint density at radius 3 is 3.00 bits per heavy atom. The molecule has 158 valence electrons. The van der Waals surface area contributed by atoms with Crippen LogP contribution in [0, 0.1) is 5.92 Å². The smallest absolute Gasteiger partial charge is 0.218 e. The molecule has 0 aromatic carbocycles. The maximum Gasteiger partial charge on any atom is 0.218 e. The van der Waals surface area contributed by atoms with Gasteiger partial charge in [-0.1, -0.05) is 6.07 Å². The zero-order valence-electron chi connectivity index (χ0n) is 16.7. The first-order chi connectivity index (χ1) is 13.1. The second-order valence-corrected chi connectivity index (χ2v) is 6.60. The van der Waals surface area contributed by atoms with E-state index in [1.165, 1.54) is 0 Å². The SMILES string of the molecule is CCNC(=NCc1cccnc1OCCOC)N1CCCC(CC(N)=O)C1.I. The lowest BCUT2D eigenvalue weighted by molar-refractivity contribution is -0.119. The van der Waals surface area contributed by atoms with E-state index in [1.807, 2.05) is 19.1 Å². The van der Waals surface area contributed by atoms with Crippen LogP contribution in [0.4, 0.5) is 0 Å². The van der Waals surface area contributed by atoms with Crippen molar-refractivity contribution in [3.8, 4) is 5.88 Å². The van der Waals surface area contributed by atoms with Crippen LogP contribution in [0.1, 0.15) is 31.7 Å². The van der Waals surface area contributed by atoms with Gasteiger partial charge in [-0.15, -0.1) is 24.0 Å². The highest BCUT2D eigenvalue weighted by atomic mass is 127. The zero-order valence-corrected chi connectivity index (χ0v) is 19.1. The molecule has 0 spiro atoms. The molecule has 1 aliphatic heterocycles. The Labute approximate surface area is 184 Å². The number of methoxy groups -OCH3 is 1. The molecule has 1 fully saturated rings. The van der Waals surface area contributed by atoms with Crippen LogP contribution in [-0.2, 0) is 16.1 Å². The van der Waals surface area contributed by atoms with E-state index in [0.717, 1.165) is 44.0 Å². The van der Waals surface area contributed by atoms with Gasteiger partial charge in [-0.25, -0.2) is 9.98 Å². The number of rotatable bonds is 9. The van der Waals surface area contributed by atoms with Crippen molar-refractivity contribution in [2.75, 3.05) is 40.0 Å². The maximum atomic E-state index is 11.3. The van der Waals surface area contributed by atoms with Crippen LogP contribution in [0.3, 0.4) is 0 Å². The molecule has 0 radical (unpaired) electrons. The van der Waals surface area contributed by atoms with Crippen LogP contribution in [-0.4, -0.2) is 61.7 Å². The number of carbonyl (C=O) groups is 1. The zero-order chi connectivity index (χ0) is 19.5. The maximum absolute atomic E-state index is 11.3. The van der Waals surface area contributed by atoms with Crippen molar-refractivity contribution >= 4 is 35.8 Å². The van der Waals surface area contributed by atoms with Crippen LogP contribution < -0.4 is 15.8 Å². The van der Waals surface area contributed by atoms with Crippen molar-refractivity contribution in [1.82, 2.24) is 15.2 Å². The van der Waals surface area contributed by atoms with Gasteiger partial charge in [0.2, 0.25) is 11.8 Å². The summed E-state index contributed by atoms with van der Waals surface area (Å²) in [5.74, 6) is 1.47. The highest BCUT2D eigenvalue weighted by molar-refractivity contribution is 14.0. The summed E-state index contributed by atoms with van der Waals surface area (Å²) in [5.41, 5.74) is 6.30. The number of guanidine groups is 1. The second-order valence-electron chi connectivity index (χ2n) is 6.60. The van der Waals surface area contributed by atoms with Gasteiger partial charge in [0.25, 0.3) is 0 Å². The van der Waals surface area contributed by atoms with Gasteiger partial charge in [0.1, 0.15) is 6.61 Å². The number of halogens is 1. The summed E-state index contributed by atoms with van der Waals surface area (Å²) in [4.78, 5) is 22.5. The number of piperidine rings is 1. The number of carbonyl (C=O) groups excluding carboxylic acids is 1. The van der Waals surface area contributed by atoms with Crippen LogP contribution >= 0.6 is 24.0 Å². The highest BCUT2D eigenvalue weighted by Gasteiger charge is 2.23. The first-order valence-electron chi connectivity index (χ1n) is 9.51. The highest BCUT2D eigenvalue weighted by Crippen LogP contribution is 2.20. The Hall–Kier alpha value is -1.62. The van der Waals surface area contributed by atoms with Crippen molar-refractivity contribution in [2.45, 2.75) is 32.7 Å². The molecular weight excluding hydrogens is 473 g/mol. The third-order valence-electron chi connectivity index (χ3n) is 4.42. The lowest BCUT2D eigenvalue weighted by Gasteiger charge is -2.34. The Morgan fingerprint density at radius 2 is 2.29 bits per heavy atom. The summed E-state index contributed by atoms with van der Waals surface area (Å²) in [6.07, 6.45) is 4.19. The molecule has 0 aliphatic carbocycles. The summed E-state index contributed by atoms with van der Waals surface area (Å²) in [6, 6.07) is 3.85. The van der Waals surface area contributed by atoms with Gasteiger partial charge in [-0.2, -0.15) is 0 Å². The molecule has 1 unspecified atom stereocenters. The average Bonchev–Trinajstić information content (AvgIpc) is 2.66. The van der Waals surface area contributed by atoms with Gasteiger partial charge >= 0.3 is 0 Å².